The maximum atomic E-state index is 13.2. The molecule has 0 unspecified atom stereocenters. The summed E-state index contributed by atoms with van der Waals surface area (Å²) < 4.78 is 23.1. The number of hydrogen-bond acceptors (Lipinski definition) is 4. The van der Waals surface area contributed by atoms with Crippen molar-refractivity contribution in [2.24, 2.45) is 5.10 Å². The maximum absolute atomic E-state index is 13.2. The van der Waals surface area contributed by atoms with Gasteiger partial charge in [0.15, 0.2) is 0 Å². The Hall–Kier alpha value is -1.86. The Morgan fingerprint density at radius 2 is 1.82 bits per heavy atom. The molecule has 0 saturated carbocycles. The molecule has 1 aromatic heterocycles. The van der Waals surface area contributed by atoms with Crippen LogP contribution in [0.2, 0.25) is 0 Å². The van der Waals surface area contributed by atoms with E-state index >= 15 is 0 Å². The van der Waals surface area contributed by atoms with E-state index in [4.69, 9.17) is 4.74 Å². The van der Waals surface area contributed by atoms with Crippen LogP contribution in [0.1, 0.15) is 30.3 Å². The van der Waals surface area contributed by atoms with Crippen LogP contribution in [-0.2, 0) is 13.0 Å². The molecule has 9 heteroatoms. The average Bonchev–Trinajstić information content (AvgIpc) is 2.80. The molecule has 4 aromatic rings. The fourth-order valence-electron chi connectivity index (χ4n) is 3.35. The van der Waals surface area contributed by atoms with E-state index in [1.807, 2.05) is 31.2 Å². The van der Waals surface area contributed by atoms with E-state index in [2.05, 4.69) is 71.2 Å². The molecule has 0 aliphatic heterocycles. The molecule has 0 aliphatic rings. The quantitative estimate of drug-likeness (QED) is 0.153. The van der Waals surface area contributed by atoms with E-state index in [1.54, 1.807) is 24.4 Å². The molecule has 0 radical (unpaired) electrons. The Kier molecular flexibility index (Phi) is 8.35. The summed E-state index contributed by atoms with van der Waals surface area (Å²) in [5.74, 6) is 1.11. The van der Waals surface area contributed by atoms with Gasteiger partial charge in [0, 0.05) is 10.9 Å². The predicted octanol–water partition coefficient (Wildman–Crippen LogP) is 6.92. The summed E-state index contributed by atoms with van der Waals surface area (Å²) in [5, 5.41) is 5.02. The van der Waals surface area contributed by atoms with Crippen molar-refractivity contribution < 1.29 is 9.13 Å². The fourth-order valence-corrected chi connectivity index (χ4v) is 5.84. The van der Waals surface area contributed by atoms with Gasteiger partial charge in [0.05, 0.1) is 24.3 Å². The van der Waals surface area contributed by atoms with Crippen molar-refractivity contribution >= 4 is 78.2 Å². The minimum atomic E-state index is -0.271. The summed E-state index contributed by atoms with van der Waals surface area (Å²) in [6.45, 7) is 2.38. The minimum Gasteiger partial charge on any atom is -0.487 e. The zero-order valence-corrected chi connectivity index (χ0v) is 24.0. The molecule has 0 bridgehead atoms. The molecular formula is C25H19BrFI2N3O2. The van der Waals surface area contributed by atoms with Gasteiger partial charge in [-0.1, -0.05) is 35.0 Å². The van der Waals surface area contributed by atoms with Crippen molar-refractivity contribution in [1.82, 2.24) is 9.66 Å². The third-order valence-electron chi connectivity index (χ3n) is 4.99. The first kappa shape index (κ1) is 25.2. The smallest absolute Gasteiger partial charge is 0.282 e. The van der Waals surface area contributed by atoms with Crippen LogP contribution >= 0.6 is 61.1 Å². The van der Waals surface area contributed by atoms with E-state index in [1.165, 1.54) is 16.8 Å². The summed E-state index contributed by atoms with van der Waals surface area (Å²) >= 11 is 7.86. The number of benzene rings is 3. The van der Waals surface area contributed by atoms with E-state index < -0.39 is 0 Å². The van der Waals surface area contributed by atoms with Gasteiger partial charge in [-0.05, 0) is 105 Å². The lowest BCUT2D eigenvalue weighted by atomic mass is 10.2. The van der Waals surface area contributed by atoms with E-state index in [0.717, 1.165) is 34.9 Å². The first-order chi connectivity index (χ1) is 16.4. The van der Waals surface area contributed by atoms with Crippen molar-refractivity contribution in [3.8, 4) is 5.75 Å². The van der Waals surface area contributed by atoms with Gasteiger partial charge in [-0.15, -0.1) is 0 Å². The molecular weight excluding hydrogens is 727 g/mol. The Bertz CT molecular complexity index is 1420. The third-order valence-corrected chi connectivity index (χ3v) is 7.08. The zero-order valence-electron chi connectivity index (χ0n) is 18.1. The standard InChI is InChI=1S/C25H19BrFI2N3O2/c1-2-3-23-31-22-9-6-17(26)12-19(22)25(33)32(23)30-13-16-10-20(28)24(21(29)11-16)34-14-15-4-7-18(27)8-5-15/h4-13H,2-3,14H2,1H3. The van der Waals surface area contributed by atoms with Crippen LogP contribution in [-0.4, -0.2) is 15.9 Å². The molecule has 4 rings (SSSR count). The first-order valence-corrected chi connectivity index (χ1v) is 13.4. The Morgan fingerprint density at radius 3 is 2.50 bits per heavy atom. The number of nitrogens with zero attached hydrogens (tertiary/aromatic N) is 3. The Morgan fingerprint density at radius 1 is 1.12 bits per heavy atom. The molecule has 34 heavy (non-hydrogen) atoms. The lowest BCUT2D eigenvalue weighted by Crippen LogP contribution is -2.22. The monoisotopic (exact) mass is 745 g/mol. The number of halogens is 4. The molecule has 1 heterocycles. The van der Waals surface area contributed by atoms with Crippen LogP contribution in [0, 0.1) is 13.0 Å². The Balaban J connectivity index is 1.63. The fraction of sp³-hybridized carbons (Fsp3) is 0.160. The molecule has 0 amide bonds. The summed E-state index contributed by atoms with van der Waals surface area (Å²) in [6.07, 6.45) is 3.16. The normalized spacial score (nSPS) is 11.4. The lowest BCUT2D eigenvalue weighted by molar-refractivity contribution is 0.301. The average molecular weight is 746 g/mol. The molecule has 0 fully saturated rings. The van der Waals surface area contributed by atoms with Gasteiger partial charge in [-0.2, -0.15) is 9.78 Å². The van der Waals surface area contributed by atoms with Gasteiger partial charge < -0.3 is 4.74 Å². The van der Waals surface area contributed by atoms with E-state index in [-0.39, 0.29) is 11.4 Å². The molecule has 3 aromatic carbocycles. The van der Waals surface area contributed by atoms with Gasteiger partial charge in [-0.3, -0.25) is 4.79 Å². The number of aryl methyl sites for hydroxylation is 1. The summed E-state index contributed by atoms with van der Waals surface area (Å²) in [4.78, 5) is 17.8. The van der Waals surface area contributed by atoms with Crippen molar-refractivity contribution in [3.05, 3.63) is 99.3 Å². The third kappa shape index (κ3) is 5.85. The summed E-state index contributed by atoms with van der Waals surface area (Å²) in [7, 11) is 0. The van der Waals surface area contributed by atoms with Crippen LogP contribution < -0.4 is 10.3 Å². The number of rotatable bonds is 7. The van der Waals surface area contributed by atoms with Crippen LogP contribution in [0.3, 0.4) is 0 Å². The van der Waals surface area contributed by atoms with Gasteiger partial charge in [0.25, 0.3) is 5.56 Å². The van der Waals surface area contributed by atoms with Gasteiger partial charge >= 0.3 is 0 Å². The van der Waals surface area contributed by atoms with Crippen molar-refractivity contribution in [1.29, 1.82) is 0 Å². The van der Waals surface area contributed by atoms with Crippen LogP contribution in [0.4, 0.5) is 4.39 Å². The van der Waals surface area contributed by atoms with Crippen LogP contribution in [0.5, 0.6) is 5.75 Å². The summed E-state index contributed by atoms with van der Waals surface area (Å²) in [6, 6.07) is 15.6. The van der Waals surface area contributed by atoms with Gasteiger partial charge in [0.2, 0.25) is 0 Å². The maximum Gasteiger partial charge on any atom is 0.282 e. The van der Waals surface area contributed by atoms with Crippen LogP contribution in [0.15, 0.2) is 69.0 Å². The molecule has 0 N–H and O–H groups in total. The van der Waals surface area contributed by atoms with E-state index in [0.29, 0.717) is 29.8 Å². The molecule has 0 atom stereocenters. The second-order valence-electron chi connectivity index (χ2n) is 7.53. The highest BCUT2D eigenvalue weighted by molar-refractivity contribution is 14.1. The second-order valence-corrected chi connectivity index (χ2v) is 10.8. The largest absolute Gasteiger partial charge is 0.487 e. The number of hydrogen-bond donors (Lipinski definition) is 0. The summed E-state index contributed by atoms with van der Waals surface area (Å²) in [5.41, 5.74) is 2.19. The lowest BCUT2D eigenvalue weighted by Gasteiger charge is -2.12. The molecule has 5 nitrogen and oxygen atoms in total. The Labute approximate surface area is 231 Å². The number of ether oxygens (including phenoxy) is 1. The highest BCUT2D eigenvalue weighted by Crippen LogP contribution is 2.29. The predicted molar refractivity (Wildman–Crippen MR) is 153 cm³/mol. The van der Waals surface area contributed by atoms with Gasteiger partial charge in [-0.25, -0.2) is 9.37 Å². The number of fused-ring (bicyclic) bond motifs is 1. The molecule has 0 aliphatic carbocycles. The molecule has 0 saturated heterocycles. The first-order valence-electron chi connectivity index (χ1n) is 10.5. The second kappa shape index (κ2) is 11.3. The number of aromatic nitrogens is 2. The minimum absolute atomic E-state index is 0.199. The van der Waals surface area contributed by atoms with Gasteiger partial charge in [0.1, 0.15) is 24.0 Å². The van der Waals surface area contributed by atoms with Crippen molar-refractivity contribution in [2.45, 2.75) is 26.4 Å². The van der Waals surface area contributed by atoms with Crippen molar-refractivity contribution in [3.63, 3.8) is 0 Å². The topological polar surface area (TPSA) is 56.5 Å². The molecule has 174 valence electrons. The van der Waals surface area contributed by atoms with Crippen LogP contribution in [0.25, 0.3) is 10.9 Å². The molecule has 0 spiro atoms. The SMILES string of the molecule is CCCc1nc2ccc(Br)cc2c(=O)n1N=Cc1cc(I)c(OCc2ccc(F)cc2)c(I)c1. The van der Waals surface area contributed by atoms with E-state index in [9.17, 15) is 9.18 Å². The van der Waals surface area contributed by atoms with Crippen molar-refractivity contribution in [2.75, 3.05) is 0 Å². The highest BCUT2D eigenvalue weighted by atomic mass is 127. The zero-order chi connectivity index (χ0) is 24.2. The highest BCUT2D eigenvalue weighted by Gasteiger charge is 2.12.